The van der Waals surface area contributed by atoms with Crippen LogP contribution in [0.25, 0.3) is 10.4 Å². The van der Waals surface area contributed by atoms with Crippen molar-refractivity contribution in [1.82, 2.24) is 9.88 Å². The van der Waals surface area contributed by atoms with Gasteiger partial charge in [-0.25, -0.2) is 13.4 Å². The van der Waals surface area contributed by atoms with Gasteiger partial charge in [0.1, 0.15) is 0 Å². The van der Waals surface area contributed by atoms with Crippen molar-refractivity contribution < 1.29 is 17.9 Å². The molecule has 1 amide bonds. The smallest absolute Gasteiger partial charge is 0.263 e. The van der Waals surface area contributed by atoms with Crippen molar-refractivity contribution >= 4 is 55.3 Å². The molecule has 1 saturated heterocycles. The minimum atomic E-state index is -3.78. The largest absolute Gasteiger partial charge is 0.378 e. The van der Waals surface area contributed by atoms with Crippen LogP contribution in [0.15, 0.2) is 46.7 Å². The van der Waals surface area contributed by atoms with Crippen molar-refractivity contribution in [2.75, 3.05) is 31.0 Å². The maximum Gasteiger partial charge on any atom is 0.263 e. The first-order valence-corrected chi connectivity index (χ1v) is 12.6. The van der Waals surface area contributed by atoms with Crippen LogP contribution in [0.5, 0.6) is 0 Å². The SMILES string of the molecule is O=C(Cc1csc(NS(=O)(=O)c2ccc(-c3ccc(Cl)s3)cc2)n1)N1CCOCC1. The van der Waals surface area contributed by atoms with Gasteiger partial charge in [0.05, 0.1) is 34.6 Å². The van der Waals surface area contributed by atoms with Gasteiger partial charge in [-0.2, -0.15) is 0 Å². The second-order valence-electron chi connectivity index (χ2n) is 6.55. The number of sulfonamides is 1. The molecule has 0 atom stereocenters. The number of nitrogens with zero attached hydrogens (tertiary/aromatic N) is 2. The summed E-state index contributed by atoms with van der Waals surface area (Å²) in [6, 6.07) is 10.3. The van der Waals surface area contributed by atoms with Crippen molar-refractivity contribution in [3.8, 4) is 10.4 Å². The quantitative estimate of drug-likeness (QED) is 0.577. The molecule has 0 radical (unpaired) electrons. The van der Waals surface area contributed by atoms with Gasteiger partial charge in [-0.05, 0) is 29.8 Å². The first kappa shape index (κ1) is 21.3. The standard InChI is InChI=1S/C19H18ClN3O4S3/c20-17-6-5-16(29-17)13-1-3-15(4-2-13)30(25,26)22-19-21-14(12-28-19)11-18(24)23-7-9-27-10-8-23/h1-6,12H,7-11H2,(H,21,22). The van der Waals surface area contributed by atoms with Crippen LogP contribution in [-0.4, -0.2) is 50.5 Å². The second kappa shape index (κ2) is 9.03. The minimum absolute atomic E-state index is 0.0396. The van der Waals surface area contributed by atoms with E-state index in [4.69, 9.17) is 16.3 Å². The zero-order chi connectivity index (χ0) is 21.1. The number of morpholine rings is 1. The topological polar surface area (TPSA) is 88.6 Å². The molecule has 3 heterocycles. The van der Waals surface area contributed by atoms with Gasteiger partial charge >= 0.3 is 0 Å². The number of hydrogen-bond donors (Lipinski definition) is 1. The number of anilines is 1. The van der Waals surface area contributed by atoms with Crippen molar-refractivity contribution in [3.63, 3.8) is 0 Å². The third-order valence-electron chi connectivity index (χ3n) is 4.49. The molecule has 7 nitrogen and oxygen atoms in total. The number of halogens is 1. The molecule has 2 aromatic heterocycles. The molecule has 4 rings (SSSR count). The summed E-state index contributed by atoms with van der Waals surface area (Å²) < 4.78 is 33.8. The van der Waals surface area contributed by atoms with Gasteiger partial charge in [-0.1, -0.05) is 23.7 Å². The van der Waals surface area contributed by atoms with E-state index < -0.39 is 10.0 Å². The molecular weight excluding hydrogens is 466 g/mol. The van der Waals surface area contributed by atoms with Crippen LogP contribution in [0.3, 0.4) is 0 Å². The highest BCUT2D eigenvalue weighted by Gasteiger charge is 2.20. The Labute approximate surface area is 187 Å². The molecule has 1 aromatic carbocycles. The van der Waals surface area contributed by atoms with E-state index in [-0.39, 0.29) is 22.4 Å². The normalized spacial score (nSPS) is 14.6. The highest BCUT2D eigenvalue weighted by Crippen LogP contribution is 2.31. The molecule has 1 N–H and O–H groups in total. The average Bonchev–Trinajstić information content (AvgIpc) is 3.37. The van der Waals surface area contributed by atoms with Gasteiger partial charge in [-0.3, -0.25) is 9.52 Å². The van der Waals surface area contributed by atoms with E-state index in [1.807, 2.05) is 6.07 Å². The van der Waals surface area contributed by atoms with E-state index in [0.717, 1.165) is 21.8 Å². The van der Waals surface area contributed by atoms with Crippen LogP contribution in [0.1, 0.15) is 5.69 Å². The number of aromatic nitrogens is 1. The van der Waals surface area contributed by atoms with E-state index in [0.29, 0.717) is 36.3 Å². The number of ether oxygens (including phenoxy) is 1. The highest BCUT2D eigenvalue weighted by atomic mass is 35.5. The first-order chi connectivity index (χ1) is 14.4. The molecule has 0 aliphatic carbocycles. The van der Waals surface area contributed by atoms with Gasteiger partial charge in [0.2, 0.25) is 5.91 Å². The molecule has 158 valence electrons. The molecule has 0 saturated carbocycles. The fourth-order valence-electron chi connectivity index (χ4n) is 2.96. The lowest BCUT2D eigenvalue weighted by atomic mass is 10.2. The van der Waals surface area contributed by atoms with E-state index in [1.165, 1.54) is 11.3 Å². The molecule has 11 heteroatoms. The van der Waals surface area contributed by atoms with Crippen LogP contribution in [0.4, 0.5) is 5.13 Å². The summed E-state index contributed by atoms with van der Waals surface area (Å²) in [6.07, 6.45) is 0.135. The molecule has 0 bridgehead atoms. The molecule has 1 fully saturated rings. The Morgan fingerprint density at radius 2 is 1.90 bits per heavy atom. The maximum absolute atomic E-state index is 12.7. The molecule has 3 aromatic rings. The van der Waals surface area contributed by atoms with Gasteiger partial charge in [0.15, 0.2) is 5.13 Å². The minimum Gasteiger partial charge on any atom is -0.378 e. The second-order valence-corrected chi connectivity index (χ2v) is 10.8. The lowest BCUT2D eigenvalue weighted by Crippen LogP contribution is -2.41. The zero-order valence-corrected chi connectivity index (χ0v) is 18.9. The van der Waals surface area contributed by atoms with Crippen molar-refractivity contribution in [3.05, 3.63) is 51.8 Å². The molecule has 1 aliphatic rings. The Balaban J connectivity index is 1.41. The fraction of sp³-hybridized carbons (Fsp3) is 0.263. The molecular formula is C19H18ClN3O4S3. The number of thiazole rings is 1. The monoisotopic (exact) mass is 483 g/mol. The van der Waals surface area contributed by atoms with Gasteiger partial charge in [0, 0.05) is 23.3 Å². The zero-order valence-electron chi connectivity index (χ0n) is 15.7. The molecule has 30 heavy (non-hydrogen) atoms. The van der Waals surface area contributed by atoms with Crippen molar-refractivity contribution in [1.29, 1.82) is 0 Å². The molecule has 0 spiro atoms. The average molecular weight is 484 g/mol. The number of carbonyl (C=O) groups excluding carboxylic acids is 1. The molecule has 0 unspecified atom stereocenters. The van der Waals surface area contributed by atoms with Gasteiger partial charge in [0.25, 0.3) is 10.0 Å². The number of carbonyl (C=O) groups is 1. The lowest BCUT2D eigenvalue weighted by molar-refractivity contribution is -0.134. The number of nitrogens with one attached hydrogen (secondary N) is 1. The Kier molecular flexibility index (Phi) is 6.40. The number of benzene rings is 1. The number of hydrogen-bond acceptors (Lipinski definition) is 7. The summed E-state index contributed by atoms with van der Waals surface area (Å²) in [5, 5.41) is 1.92. The first-order valence-electron chi connectivity index (χ1n) is 9.09. The van der Waals surface area contributed by atoms with Gasteiger partial charge in [-0.15, -0.1) is 22.7 Å². The van der Waals surface area contributed by atoms with E-state index >= 15 is 0 Å². The third-order valence-corrected chi connectivity index (χ3v) is 8.06. The maximum atomic E-state index is 12.7. The third kappa shape index (κ3) is 5.01. The van der Waals surface area contributed by atoms with Crippen LogP contribution in [0.2, 0.25) is 4.34 Å². The van der Waals surface area contributed by atoms with Crippen LogP contribution in [-0.2, 0) is 26.0 Å². The molecule has 1 aliphatic heterocycles. The number of thiophene rings is 1. The summed E-state index contributed by atoms with van der Waals surface area (Å²) in [4.78, 5) is 19.4. The predicted octanol–water partition coefficient (Wildman–Crippen LogP) is 3.73. The number of rotatable bonds is 6. The Morgan fingerprint density at radius 3 is 2.57 bits per heavy atom. The Bertz CT molecular complexity index is 1140. The summed E-state index contributed by atoms with van der Waals surface area (Å²) in [5.41, 5.74) is 1.43. The van der Waals surface area contributed by atoms with E-state index in [1.54, 1.807) is 40.6 Å². The lowest BCUT2D eigenvalue weighted by Gasteiger charge is -2.26. The van der Waals surface area contributed by atoms with Gasteiger partial charge < -0.3 is 9.64 Å². The summed E-state index contributed by atoms with van der Waals surface area (Å²) in [6.45, 7) is 2.20. The Morgan fingerprint density at radius 1 is 1.17 bits per heavy atom. The van der Waals surface area contributed by atoms with Crippen LogP contribution < -0.4 is 4.72 Å². The summed E-state index contributed by atoms with van der Waals surface area (Å²) >= 11 is 8.54. The predicted molar refractivity (Wildman–Crippen MR) is 119 cm³/mol. The summed E-state index contributed by atoms with van der Waals surface area (Å²) in [5.74, 6) is -0.0396. The van der Waals surface area contributed by atoms with Crippen molar-refractivity contribution in [2.45, 2.75) is 11.3 Å². The van der Waals surface area contributed by atoms with Crippen molar-refractivity contribution in [2.24, 2.45) is 0 Å². The Hall–Kier alpha value is -1.98. The fourth-order valence-corrected chi connectivity index (χ4v) is 5.97. The highest BCUT2D eigenvalue weighted by molar-refractivity contribution is 7.93. The number of amides is 1. The van der Waals surface area contributed by atoms with Crippen LogP contribution in [0, 0.1) is 0 Å². The van der Waals surface area contributed by atoms with Crippen LogP contribution >= 0.6 is 34.3 Å². The van der Waals surface area contributed by atoms with E-state index in [2.05, 4.69) is 9.71 Å². The summed E-state index contributed by atoms with van der Waals surface area (Å²) in [7, 11) is -3.78. The van der Waals surface area contributed by atoms with E-state index in [9.17, 15) is 13.2 Å².